The van der Waals surface area contributed by atoms with Crippen molar-refractivity contribution >= 4 is 16.9 Å². The molecular weight excluding hydrogens is 563 g/mol. The van der Waals surface area contributed by atoms with Gasteiger partial charge in [0.25, 0.3) is 0 Å². The minimum absolute atomic E-state index is 0. The van der Waals surface area contributed by atoms with Crippen molar-refractivity contribution in [3.05, 3.63) is 57.9 Å². The van der Waals surface area contributed by atoms with Crippen LogP contribution in [-0.4, -0.2) is 36.7 Å². The third kappa shape index (κ3) is 8.53. The molecule has 168 valence electrons. The summed E-state index contributed by atoms with van der Waals surface area (Å²) >= 11 is 0. The van der Waals surface area contributed by atoms with E-state index in [0.29, 0.717) is 19.8 Å². The molecule has 0 aromatic rings. The average Bonchev–Trinajstić information content (AvgIpc) is 2.99. The van der Waals surface area contributed by atoms with Gasteiger partial charge in [-0.15, -0.1) is 13.0 Å². The van der Waals surface area contributed by atoms with Crippen LogP contribution in [0.15, 0.2) is 29.5 Å². The molecule has 0 bridgehead atoms. The fourth-order valence-corrected chi connectivity index (χ4v) is 9.48. The predicted octanol–water partition coefficient (Wildman–Crippen LogP) is 6.66. The minimum Gasteiger partial charge on any atom is -0.374 e. The molecule has 0 fully saturated rings. The van der Waals surface area contributed by atoms with Crippen molar-refractivity contribution in [2.24, 2.45) is 0 Å². The molecule has 28 heavy (non-hydrogen) atoms. The standard InChI is InChI=1S/C19H35O3Si2.3CH3.Pt/c1-8-16-23(6,7)19-15-13-14-17(19)18(9-2)24(20-10-3,21-11-4)22-12-5;;;;/h8,14,18H,1,9-13,16H2,2-7H3;3*1H3;/q4*-1;+4. The Balaban J connectivity index is -0.000000720. The summed E-state index contributed by atoms with van der Waals surface area (Å²) in [4.78, 5) is 0. The largest absolute Gasteiger partial charge is 4.00 e. The summed E-state index contributed by atoms with van der Waals surface area (Å²) in [5.74, 6) is 0. The van der Waals surface area contributed by atoms with E-state index in [1.54, 1.807) is 0 Å². The molecule has 0 saturated carbocycles. The van der Waals surface area contributed by atoms with Crippen molar-refractivity contribution in [2.45, 2.75) is 65.2 Å². The molecule has 0 aliphatic heterocycles. The zero-order valence-electron chi connectivity index (χ0n) is 19.7. The summed E-state index contributed by atoms with van der Waals surface area (Å²) in [5, 5.41) is 1.42. The van der Waals surface area contributed by atoms with E-state index in [2.05, 4.69) is 44.8 Å². The maximum Gasteiger partial charge on any atom is 4.00 e. The van der Waals surface area contributed by atoms with E-state index in [4.69, 9.17) is 13.3 Å². The molecule has 0 amide bonds. The van der Waals surface area contributed by atoms with Crippen molar-refractivity contribution in [1.82, 2.24) is 0 Å². The van der Waals surface area contributed by atoms with Gasteiger partial charge in [-0.05, 0) is 32.4 Å². The Kier molecular flexibility index (Phi) is 21.6. The van der Waals surface area contributed by atoms with Gasteiger partial charge in [0.15, 0.2) is 0 Å². The average molecular weight is 608 g/mol. The van der Waals surface area contributed by atoms with Gasteiger partial charge in [-0.25, -0.2) is 5.20 Å². The van der Waals surface area contributed by atoms with Crippen LogP contribution in [0, 0.1) is 28.4 Å². The van der Waals surface area contributed by atoms with Crippen LogP contribution in [0.1, 0.15) is 40.5 Å². The SMILES string of the molecule is C=CC[Si](C)(C)C1=[C-]CC=C1C(CC)[Si](OCC)(OCC)OCC.[CH3-].[CH3-].[CH3-].[Pt+4]. The van der Waals surface area contributed by atoms with E-state index in [0.717, 1.165) is 18.9 Å². The summed E-state index contributed by atoms with van der Waals surface area (Å²) in [6, 6.07) is 1.07. The Labute approximate surface area is 193 Å². The zero-order valence-corrected chi connectivity index (χ0v) is 24.0. The molecule has 6 heteroatoms. The number of hydrogen-bond donors (Lipinski definition) is 0. The van der Waals surface area contributed by atoms with Crippen LogP contribution < -0.4 is 0 Å². The van der Waals surface area contributed by atoms with Crippen molar-refractivity contribution in [3.63, 3.8) is 0 Å². The monoisotopic (exact) mass is 607 g/mol. The van der Waals surface area contributed by atoms with Crippen molar-refractivity contribution in [2.75, 3.05) is 19.8 Å². The maximum absolute atomic E-state index is 6.20. The Morgan fingerprint density at radius 3 is 1.86 bits per heavy atom. The third-order valence-electron chi connectivity index (χ3n) is 4.47. The van der Waals surface area contributed by atoms with Crippen LogP contribution in [0.3, 0.4) is 0 Å². The number of hydrogen-bond acceptors (Lipinski definition) is 3. The van der Waals surface area contributed by atoms with Crippen molar-refractivity contribution in [3.8, 4) is 0 Å². The minimum atomic E-state index is -2.77. The molecule has 0 aromatic carbocycles. The Morgan fingerprint density at radius 2 is 1.50 bits per heavy atom. The van der Waals surface area contributed by atoms with Crippen LogP contribution in [0.4, 0.5) is 0 Å². The van der Waals surface area contributed by atoms with Gasteiger partial charge in [0, 0.05) is 27.9 Å². The molecule has 3 nitrogen and oxygen atoms in total. The topological polar surface area (TPSA) is 27.7 Å². The molecule has 0 spiro atoms. The zero-order chi connectivity index (χ0) is 18.2. The summed E-state index contributed by atoms with van der Waals surface area (Å²) < 4.78 is 18.6. The van der Waals surface area contributed by atoms with Gasteiger partial charge in [0.05, 0.1) is 0 Å². The maximum atomic E-state index is 6.20. The van der Waals surface area contributed by atoms with E-state index in [-0.39, 0.29) is 48.9 Å². The Bertz CT molecular complexity index is 459. The molecule has 1 aliphatic rings. The first-order valence-corrected chi connectivity index (χ1v) is 14.3. The van der Waals surface area contributed by atoms with E-state index in [1.165, 1.54) is 10.8 Å². The summed E-state index contributed by atoms with van der Waals surface area (Å²) in [5.41, 5.74) is 1.57. The van der Waals surface area contributed by atoms with Gasteiger partial charge < -0.3 is 35.6 Å². The molecule has 0 heterocycles. The first-order chi connectivity index (χ1) is 11.4. The molecule has 0 radical (unpaired) electrons. The normalized spacial score (nSPS) is 14.4. The fourth-order valence-electron chi connectivity index (χ4n) is 3.57. The second-order valence-electron chi connectivity index (χ2n) is 6.66. The second kappa shape index (κ2) is 17.0. The van der Waals surface area contributed by atoms with Crippen LogP contribution in [0.2, 0.25) is 24.7 Å². The molecule has 1 aliphatic carbocycles. The van der Waals surface area contributed by atoms with E-state index < -0.39 is 16.9 Å². The van der Waals surface area contributed by atoms with Gasteiger partial charge in [-0.3, -0.25) is 6.08 Å². The van der Waals surface area contributed by atoms with Crippen LogP contribution in [0.5, 0.6) is 0 Å². The molecular formula is C22H44O3PtSi2. The number of allylic oxidation sites excluding steroid dienone is 5. The van der Waals surface area contributed by atoms with Crippen LogP contribution in [0.25, 0.3) is 0 Å². The van der Waals surface area contributed by atoms with Gasteiger partial charge in [-0.1, -0.05) is 32.5 Å². The smallest absolute Gasteiger partial charge is 0.374 e. The Morgan fingerprint density at radius 1 is 1.04 bits per heavy atom. The Hall–Kier alpha value is 0.222. The third-order valence-corrected chi connectivity index (χ3v) is 11.2. The quantitative estimate of drug-likeness (QED) is 0.141. The van der Waals surface area contributed by atoms with Gasteiger partial charge in [0.1, 0.15) is 0 Å². The molecule has 1 atom stereocenters. The summed E-state index contributed by atoms with van der Waals surface area (Å²) in [6.07, 6.45) is 9.86. The summed E-state index contributed by atoms with van der Waals surface area (Å²) in [6.45, 7) is 18.9. The molecule has 1 unspecified atom stereocenters. The molecule has 0 N–H and O–H groups in total. The van der Waals surface area contributed by atoms with Crippen LogP contribution in [-0.2, 0) is 34.3 Å². The summed E-state index contributed by atoms with van der Waals surface area (Å²) in [7, 11) is -4.35. The fraction of sp³-hybridized carbons (Fsp3) is 0.591. The predicted molar refractivity (Wildman–Crippen MR) is 126 cm³/mol. The van der Waals surface area contributed by atoms with Gasteiger partial charge in [-0.2, -0.15) is 11.6 Å². The van der Waals surface area contributed by atoms with Gasteiger partial charge in [0.2, 0.25) is 0 Å². The van der Waals surface area contributed by atoms with E-state index >= 15 is 0 Å². The van der Waals surface area contributed by atoms with Crippen LogP contribution >= 0.6 is 0 Å². The first kappa shape index (κ1) is 35.6. The second-order valence-corrected chi connectivity index (χ2v) is 14.1. The number of rotatable bonds is 12. The molecule has 0 aromatic heterocycles. The van der Waals surface area contributed by atoms with E-state index in [1.807, 2.05) is 20.8 Å². The van der Waals surface area contributed by atoms with Gasteiger partial charge >= 0.3 is 29.9 Å². The van der Waals surface area contributed by atoms with E-state index in [9.17, 15) is 0 Å². The first-order valence-electron chi connectivity index (χ1n) is 9.26. The molecule has 0 saturated heterocycles. The van der Waals surface area contributed by atoms with Crippen molar-refractivity contribution < 1.29 is 34.3 Å². The van der Waals surface area contributed by atoms with Crippen molar-refractivity contribution in [1.29, 1.82) is 0 Å². The molecule has 1 rings (SSSR count).